The quantitative estimate of drug-likeness (QED) is 0.793. The highest BCUT2D eigenvalue weighted by molar-refractivity contribution is 7.98. The molecule has 0 unspecified atom stereocenters. The molecule has 1 atom stereocenters. The topological polar surface area (TPSA) is 79.3 Å². The first-order valence-corrected chi connectivity index (χ1v) is 8.50. The Hall–Kier alpha value is -1.86. The number of carbonyl (C=O) groups excluding carboxylic acids is 1. The SMILES string of the molecule is Cc1nc(CSc2ccccc2C(=O)N[C@H](C)C(=O)O)cs1. The van der Waals surface area contributed by atoms with Crippen molar-refractivity contribution in [3.63, 3.8) is 0 Å². The van der Waals surface area contributed by atoms with Crippen LogP contribution in [0, 0.1) is 6.92 Å². The lowest BCUT2D eigenvalue weighted by atomic mass is 10.2. The standard InChI is InChI=1S/C15H16N2O3S2/c1-9(15(19)20)16-14(18)12-5-3-4-6-13(12)22-8-11-7-21-10(2)17-11/h3-7,9H,8H2,1-2H3,(H,16,18)(H,19,20)/t9-/m1/s1. The van der Waals surface area contributed by atoms with E-state index in [2.05, 4.69) is 10.3 Å². The van der Waals surface area contributed by atoms with Crippen LogP contribution in [0.5, 0.6) is 0 Å². The largest absolute Gasteiger partial charge is 0.480 e. The van der Waals surface area contributed by atoms with Crippen molar-refractivity contribution in [3.05, 3.63) is 45.9 Å². The normalized spacial score (nSPS) is 11.9. The van der Waals surface area contributed by atoms with Crippen molar-refractivity contribution in [1.82, 2.24) is 10.3 Å². The molecule has 0 aliphatic heterocycles. The third-order valence-corrected chi connectivity index (χ3v) is 4.82. The average molecular weight is 336 g/mol. The predicted octanol–water partition coefficient (Wildman–Crippen LogP) is 2.95. The van der Waals surface area contributed by atoms with Crippen molar-refractivity contribution < 1.29 is 14.7 Å². The summed E-state index contributed by atoms with van der Waals surface area (Å²) in [5.74, 6) is -0.771. The summed E-state index contributed by atoms with van der Waals surface area (Å²) in [6.07, 6.45) is 0. The van der Waals surface area contributed by atoms with E-state index >= 15 is 0 Å². The Morgan fingerprint density at radius 1 is 1.41 bits per heavy atom. The van der Waals surface area contributed by atoms with Gasteiger partial charge in [-0.2, -0.15) is 0 Å². The van der Waals surface area contributed by atoms with Crippen LogP contribution in [-0.4, -0.2) is 28.0 Å². The minimum absolute atomic E-state index is 0.382. The Bertz CT molecular complexity index is 685. The summed E-state index contributed by atoms with van der Waals surface area (Å²) in [6.45, 7) is 3.39. The highest BCUT2D eigenvalue weighted by Gasteiger charge is 2.17. The van der Waals surface area contributed by atoms with Crippen molar-refractivity contribution in [2.24, 2.45) is 0 Å². The van der Waals surface area contributed by atoms with Crippen LogP contribution >= 0.6 is 23.1 Å². The number of carboxylic acid groups (broad SMARTS) is 1. The molecule has 0 bridgehead atoms. The van der Waals surface area contributed by atoms with Crippen LogP contribution in [0.4, 0.5) is 0 Å². The molecule has 0 saturated carbocycles. The molecule has 2 N–H and O–H groups in total. The number of nitrogens with zero attached hydrogens (tertiary/aromatic N) is 1. The zero-order chi connectivity index (χ0) is 16.1. The lowest BCUT2D eigenvalue weighted by molar-refractivity contribution is -0.138. The Morgan fingerprint density at radius 3 is 2.77 bits per heavy atom. The molecule has 0 aliphatic rings. The predicted molar refractivity (Wildman–Crippen MR) is 87.4 cm³/mol. The van der Waals surface area contributed by atoms with Gasteiger partial charge in [0.1, 0.15) is 6.04 Å². The molecule has 0 fully saturated rings. The summed E-state index contributed by atoms with van der Waals surface area (Å²) in [6, 6.07) is 6.23. The number of hydrogen-bond acceptors (Lipinski definition) is 5. The maximum atomic E-state index is 12.2. The highest BCUT2D eigenvalue weighted by atomic mass is 32.2. The van der Waals surface area contributed by atoms with Gasteiger partial charge in [0.2, 0.25) is 0 Å². The number of hydrogen-bond donors (Lipinski definition) is 2. The van der Waals surface area contributed by atoms with Crippen molar-refractivity contribution >= 4 is 35.0 Å². The minimum atomic E-state index is -1.06. The number of aliphatic carboxylic acids is 1. The summed E-state index contributed by atoms with van der Waals surface area (Å²) >= 11 is 3.11. The molecule has 116 valence electrons. The molecular weight excluding hydrogens is 320 g/mol. The van der Waals surface area contributed by atoms with Crippen molar-refractivity contribution in [3.8, 4) is 0 Å². The number of aryl methyl sites for hydroxylation is 1. The molecule has 0 aliphatic carbocycles. The molecule has 0 saturated heterocycles. The van der Waals surface area contributed by atoms with Gasteiger partial charge in [0.25, 0.3) is 5.91 Å². The molecule has 2 rings (SSSR count). The molecule has 7 heteroatoms. The van der Waals surface area contributed by atoms with E-state index in [4.69, 9.17) is 5.11 Å². The van der Waals surface area contributed by atoms with Gasteiger partial charge in [-0.1, -0.05) is 12.1 Å². The fraction of sp³-hybridized carbons (Fsp3) is 0.267. The Balaban J connectivity index is 2.09. The summed E-state index contributed by atoms with van der Waals surface area (Å²) in [5.41, 5.74) is 1.45. The molecule has 1 amide bonds. The van der Waals surface area contributed by atoms with E-state index in [0.717, 1.165) is 15.6 Å². The number of thioether (sulfide) groups is 1. The monoisotopic (exact) mass is 336 g/mol. The third-order valence-electron chi connectivity index (χ3n) is 2.89. The number of thiazole rings is 1. The number of aromatic nitrogens is 1. The Morgan fingerprint density at radius 2 is 2.14 bits per heavy atom. The number of carboxylic acids is 1. The van der Waals surface area contributed by atoms with Gasteiger partial charge >= 0.3 is 5.97 Å². The van der Waals surface area contributed by atoms with E-state index in [-0.39, 0.29) is 5.91 Å². The Labute approximate surface area is 136 Å². The van der Waals surface area contributed by atoms with E-state index in [0.29, 0.717) is 11.3 Å². The average Bonchev–Trinajstić information content (AvgIpc) is 2.90. The molecule has 1 aromatic carbocycles. The van der Waals surface area contributed by atoms with Crippen molar-refractivity contribution in [2.45, 2.75) is 30.5 Å². The molecule has 2 aromatic rings. The molecular formula is C15H16N2O3S2. The summed E-state index contributed by atoms with van der Waals surface area (Å²) in [5, 5.41) is 14.4. The zero-order valence-electron chi connectivity index (χ0n) is 12.2. The van der Waals surface area contributed by atoms with Gasteiger partial charge in [-0.25, -0.2) is 4.98 Å². The van der Waals surface area contributed by atoms with Crippen LogP contribution in [0.25, 0.3) is 0 Å². The molecule has 1 aromatic heterocycles. The number of benzene rings is 1. The van der Waals surface area contributed by atoms with Gasteiger partial charge in [0, 0.05) is 16.0 Å². The zero-order valence-corrected chi connectivity index (χ0v) is 13.8. The smallest absolute Gasteiger partial charge is 0.325 e. The van der Waals surface area contributed by atoms with E-state index < -0.39 is 12.0 Å². The highest BCUT2D eigenvalue weighted by Crippen LogP contribution is 2.26. The van der Waals surface area contributed by atoms with Crippen LogP contribution < -0.4 is 5.32 Å². The Kier molecular flexibility index (Phi) is 5.57. The van der Waals surface area contributed by atoms with E-state index in [9.17, 15) is 9.59 Å². The van der Waals surface area contributed by atoms with Gasteiger partial charge < -0.3 is 10.4 Å². The van der Waals surface area contributed by atoms with E-state index in [1.807, 2.05) is 24.4 Å². The molecule has 0 radical (unpaired) electrons. The lowest BCUT2D eigenvalue weighted by Gasteiger charge is -2.12. The third kappa shape index (κ3) is 4.32. The second-order valence-corrected chi connectivity index (χ2v) is 6.76. The second-order valence-electron chi connectivity index (χ2n) is 4.68. The minimum Gasteiger partial charge on any atom is -0.480 e. The molecule has 1 heterocycles. The van der Waals surface area contributed by atoms with E-state index in [1.165, 1.54) is 18.7 Å². The van der Waals surface area contributed by atoms with Gasteiger partial charge in [0.15, 0.2) is 0 Å². The van der Waals surface area contributed by atoms with E-state index in [1.54, 1.807) is 23.5 Å². The number of amides is 1. The molecule has 5 nitrogen and oxygen atoms in total. The first kappa shape index (κ1) is 16.5. The fourth-order valence-corrected chi connectivity index (χ4v) is 3.40. The van der Waals surface area contributed by atoms with Gasteiger partial charge in [-0.3, -0.25) is 9.59 Å². The van der Waals surface area contributed by atoms with Crippen LogP contribution in [0.3, 0.4) is 0 Å². The van der Waals surface area contributed by atoms with Crippen LogP contribution in [0.2, 0.25) is 0 Å². The summed E-state index contributed by atoms with van der Waals surface area (Å²) in [4.78, 5) is 28.2. The first-order chi connectivity index (χ1) is 10.5. The first-order valence-electron chi connectivity index (χ1n) is 6.64. The summed E-state index contributed by atoms with van der Waals surface area (Å²) < 4.78 is 0. The van der Waals surface area contributed by atoms with Crippen LogP contribution in [0.1, 0.15) is 28.0 Å². The molecule has 0 spiro atoms. The number of nitrogens with one attached hydrogen (secondary N) is 1. The maximum Gasteiger partial charge on any atom is 0.325 e. The van der Waals surface area contributed by atoms with Crippen molar-refractivity contribution in [1.29, 1.82) is 0 Å². The fourth-order valence-electron chi connectivity index (χ4n) is 1.74. The second kappa shape index (κ2) is 7.42. The van der Waals surface area contributed by atoms with Gasteiger partial charge in [-0.05, 0) is 26.0 Å². The van der Waals surface area contributed by atoms with Crippen LogP contribution in [-0.2, 0) is 10.5 Å². The summed E-state index contributed by atoms with van der Waals surface area (Å²) in [7, 11) is 0. The molecule has 22 heavy (non-hydrogen) atoms. The van der Waals surface area contributed by atoms with Crippen molar-refractivity contribution in [2.75, 3.05) is 0 Å². The number of carbonyl (C=O) groups is 2. The van der Waals surface area contributed by atoms with Gasteiger partial charge in [-0.15, -0.1) is 23.1 Å². The van der Waals surface area contributed by atoms with Crippen LogP contribution in [0.15, 0.2) is 34.5 Å². The van der Waals surface area contributed by atoms with Gasteiger partial charge in [0.05, 0.1) is 16.3 Å². The number of rotatable bonds is 6. The maximum absolute atomic E-state index is 12.2. The lowest BCUT2D eigenvalue weighted by Crippen LogP contribution is -2.38.